The summed E-state index contributed by atoms with van der Waals surface area (Å²) in [6, 6.07) is 8.88. The van der Waals surface area contributed by atoms with Crippen LogP contribution in [0.1, 0.15) is 10.4 Å². The molecule has 0 spiro atoms. The fraction of sp³-hybridized carbons (Fsp3) is 0. The van der Waals surface area contributed by atoms with Crippen molar-refractivity contribution in [2.45, 2.75) is 0 Å². The predicted molar refractivity (Wildman–Crippen MR) is 79.2 cm³/mol. The van der Waals surface area contributed by atoms with E-state index >= 15 is 0 Å². The van der Waals surface area contributed by atoms with Crippen LogP contribution >= 0.6 is 11.6 Å². The summed E-state index contributed by atoms with van der Waals surface area (Å²) < 4.78 is 0. The Morgan fingerprint density at radius 3 is 2.36 bits per heavy atom. The van der Waals surface area contributed by atoms with E-state index in [4.69, 9.17) is 11.6 Å². The van der Waals surface area contributed by atoms with Crippen LogP contribution in [0.2, 0.25) is 5.02 Å². The highest BCUT2D eigenvalue weighted by Gasteiger charge is 2.20. The Bertz CT molecular complexity index is 778. The van der Waals surface area contributed by atoms with Crippen molar-refractivity contribution in [2.75, 3.05) is 5.32 Å². The van der Waals surface area contributed by atoms with Crippen LogP contribution in [0, 0.1) is 20.2 Å². The van der Waals surface area contributed by atoms with Crippen LogP contribution in [-0.2, 0) is 0 Å². The summed E-state index contributed by atoms with van der Waals surface area (Å²) in [6.45, 7) is 0. The molecule has 9 heteroatoms. The Hall–Kier alpha value is -3.00. The van der Waals surface area contributed by atoms with Crippen LogP contribution in [0.4, 0.5) is 17.1 Å². The van der Waals surface area contributed by atoms with E-state index in [1.165, 1.54) is 36.4 Å². The maximum absolute atomic E-state index is 12.1. The number of amides is 1. The summed E-state index contributed by atoms with van der Waals surface area (Å²) in [5.41, 5.74) is -0.807. The minimum absolute atomic E-state index is 0.000910. The topological polar surface area (TPSA) is 115 Å². The molecule has 0 saturated heterocycles. The molecule has 0 atom stereocenters. The number of nitro groups is 2. The zero-order chi connectivity index (χ0) is 16.3. The fourth-order valence-corrected chi connectivity index (χ4v) is 1.90. The number of nitro benzene ring substituents is 2. The number of hydrogen-bond acceptors (Lipinski definition) is 5. The number of para-hydroxylation sites is 1. The van der Waals surface area contributed by atoms with Crippen molar-refractivity contribution in [1.82, 2.24) is 0 Å². The number of non-ortho nitro benzene ring substituents is 1. The van der Waals surface area contributed by atoms with Crippen molar-refractivity contribution in [3.63, 3.8) is 0 Å². The second kappa shape index (κ2) is 6.19. The monoisotopic (exact) mass is 321 g/mol. The summed E-state index contributed by atoms with van der Waals surface area (Å²) in [7, 11) is 0. The lowest BCUT2D eigenvalue weighted by atomic mass is 10.1. The molecular formula is C13H8ClN3O5. The highest BCUT2D eigenvalue weighted by Crippen LogP contribution is 2.28. The molecule has 0 heterocycles. The lowest BCUT2D eigenvalue weighted by Crippen LogP contribution is -2.14. The fourth-order valence-electron chi connectivity index (χ4n) is 1.74. The Morgan fingerprint density at radius 1 is 1.05 bits per heavy atom. The molecule has 0 bridgehead atoms. The van der Waals surface area contributed by atoms with Gasteiger partial charge >= 0.3 is 0 Å². The van der Waals surface area contributed by atoms with Crippen molar-refractivity contribution in [1.29, 1.82) is 0 Å². The molecule has 8 nitrogen and oxygen atoms in total. The summed E-state index contributed by atoms with van der Waals surface area (Å²) >= 11 is 5.86. The van der Waals surface area contributed by atoms with Gasteiger partial charge in [0.1, 0.15) is 5.56 Å². The van der Waals surface area contributed by atoms with Crippen LogP contribution in [0.3, 0.4) is 0 Å². The molecule has 1 N–H and O–H groups in total. The van der Waals surface area contributed by atoms with Crippen molar-refractivity contribution < 1.29 is 14.6 Å². The van der Waals surface area contributed by atoms with E-state index in [1.54, 1.807) is 0 Å². The van der Waals surface area contributed by atoms with Gasteiger partial charge in [0.2, 0.25) is 0 Å². The second-order valence-corrected chi connectivity index (χ2v) is 4.56. The zero-order valence-electron chi connectivity index (χ0n) is 10.9. The molecule has 2 rings (SSSR count). The summed E-state index contributed by atoms with van der Waals surface area (Å²) in [5.74, 6) is -0.783. The second-order valence-electron chi connectivity index (χ2n) is 4.15. The van der Waals surface area contributed by atoms with E-state index in [1.807, 2.05) is 0 Å². The Balaban J connectivity index is 2.36. The van der Waals surface area contributed by atoms with Gasteiger partial charge in [0.05, 0.1) is 20.6 Å². The molecule has 2 aromatic rings. The molecule has 112 valence electrons. The Labute approximate surface area is 128 Å². The van der Waals surface area contributed by atoms with Gasteiger partial charge in [0, 0.05) is 18.2 Å². The average molecular weight is 322 g/mol. The van der Waals surface area contributed by atoms with E-state index in [0.717, 1.165) is 6.07 Å². The van der Waals surface area contributed by atoms with Crippen LogP contribution in [-0.4, -0.2) is 15.8 Å². The van der Waals surface area contributed by atoms with Gasteiger partial charge in [0.15, 0.2) is 0 Å². The number of hydrogen-bond donors (Lipinski definition) is 1. The first kappa shape index (κ1) is 15.4. The van der Waals surface area contributed by atoms with Gasteiger partial charge in [-0.25, -0.2) is 0 Å². The van der Waals surface area contributed by atoms with E-state index in [2.05, 4.69) is 5.32 Å². The number of carbonyl (C=O) groups is 1. The van der Waals surface area contributed by atoms with Crippen LogP contribution in [0.25, 0.3) is 0 Å². The molecule has 0 saturated carbocycles. The first-order valence-electron chi connectivity index (χ1n) is 5.89. The first-order valence-corrected chi connectivity index (χ1v) is 6.26. The van der Waals surface area contributed by atoms with Crippen molar-refractivity contribution >= 4 is 34.6 Å². The molecule has 0 radical (unpaired) electrons. The van der Waals surface area contributed by atoms with Gasteiger partial charge in [-0.05, 0) is 12.1 Å². The minimum atomic E-state index is -0.783. The first-order chi connectivity index (χ1) is 10.4. The van der Waals surface area contributed by atoms with E-state index in [9.17, 15) is 25.0 Å². The minimum Gasteiger partial charge on any atom is -0.320 e. The van der Waals surface area contributed by atoms with Gasteiger partial charge in [-0.2, -0.15) is 0 Å². The summed E-state index contributed by atoms with van der Waals surface area (Å²) in [6.07, 6.45) is 0. The third kappa shape index (κ3) is 3.18. The number of halogens is 1. The number of nitrogens with zero attached hydrogens (tertiary/aromatic N) is 2. The van der Waals surface area contributed by atoms with Crippen molar-refractivity contribution in [3.8, 4) is 0 Å². The molecule has 0 fully saturated rings. The van der Waals surface area contributed by atoms with Gasteiger partial charge in [0.25, 0.3) is 17.3 Å². The maximum Gasteiger partial charge on any atom is 0.282 e. The summed E-state index contributed by atoms with van der Waals surface area (Å²) in [4.78, 5) is 32.4. The van der Waals surface area contributed by atoms with E-state index in [-0.39, 0.29) is 27.6 Å². The molecule has 0 unspecified atom stereocenters. The number of rotatable bonds is 4. The van der Waals surface area contributed by atoms with Crippen LogP contribution in [0.5, 0.6) is 0 Å². The highest BCUT2D eigenvalue weighted by atomic mass is 35.5. The smallest absolute Gasteiger partial charge is 0.282 e. The van der Waals surface area contributed by atoms with E-state index < -0.39 is 15.8 Å². The quantitative estimate of drug-likeness (QED) is 0.684. The van der Waals surface area contributed by atoms with Crippen molar-refractivity contribution in [2.24, 2.45) is 0 Å². The van der Waals surface area contributed by atoms with Crippen molar-refractivity contribution in [3.05, 3.63) is 73.3 Å². The third-order valence-electron chi connectivity index (χ3n) is 2.75. The largest absolute Gasteiger partial charge is 0.320 e. The number of nitrogens with one attached hydrogen (secondary N) is 1. The Morgan fingerprint density at radius 2 is 1.73 bits per heavy atom. The zero-order valence-corrected chi connectivity index (χ0v) is 11.6. The Kier molecular flexibility index (Phi) is 4.33. The van der Waals surface area contributed by atoms with E-state index in [0.29, 0.717) is 0 Å². The SMILES string of the molecule is O=C(Nc1cc([N+](=O)[O-])ccc1Cl)c1ccccc1[N+](=O)[O-]. The lowest BCUT2D eigenvalue weighted by Gasteiger charge is -2.07. The number of benzene rings is 2. The average Bonchev–Trinajstić information content (AvgIpc) is 2.49. The molecular weight excluding hydrogens is 314 g/mol. The highest BCUT2D eigenvalue weighted by molar-refractivity contribution is 6.34. The van der Waals surface area contributed by atoms with Crippen LogP contribution in [0.15, 0.2) is 42.5 Å². The molecule has 0 aliphatic heterocycles. The predicted octanol–water partition coefficient (Wildman–Crippen LogP) is 3.41. The van der Waals surface area contributed by atoms with Gasteiger partial charge in [-0.15, -0.1) is 0 Å². The molecule has 0 aromatic heterocycles. The number of carbonyl (C=O) groups excluding carboxylic acids is 1. The molecule has 22 heavy (non-hydrogen) atoms. The standard InChI is InChI=1S/C13H8ClN3O5/c14-10-6-5-8(16(19)20)7-11(10)15-13(18)9-3-1-2-4-12(9)17(21)22/h1-7H,(H,15,18). The van der Waals surface area contributed by atoms with Gasteiger partial charge in [-0.1, -0.05) is 23.7 Å². The molecule has 0 aliphatic carbocycles. The molecule has 2 aromatic carbocycles. The van der Waals surface area contributed by atoms with Crippen LogP contribution < -0.4 is 5.32 Å². The lowest BCUT2D eigenvalue weighted by molar-refractivity contribution is -0.385. The third-order valence-corrected chi connectivity index (χ3v) is 3.08. The molecule has 0 aliphatic rings. The van der Waals surface area contributed by atoms with Gasteiger partial charge < -0.3 is 5.32 Å². The molecule has 1 amide bonds. The summed E-state index contributed by atoms with van der Waals surface area (Å²) in [5, 5.41) is 24.0. The van der Waals surface area contributed by atoms with Gasteiger partial charge in [-0.3, -0.25) is 25.0 Å². The maximum atomic E-state index is 12.1. The normalized spacial score (nSPS) is 10.0. The number of anilines is 1.